The van der Waals surface area contributed by atoms with E-state index >= 15 is 0 Å². The van der Waals surface area contributed by atoms with Gasteiger partial charge in [0.15, 0.2) is 5.82 Å². The van der Waals surface area contributed by atoms with Crippen LogP contribution in [-0.4, -0.2) is 32.8 Å². The highest BCUT2D eigenvalue weighted by Crippen LogP contribution is 2.43. The van der Waals surface area contributed by atoms with Gasteiger partial charge in [0, 0.05) is 5.69 Å². The number of alkyl halides is 5. The summed E-state index contributed by atoms with van der Waals surface area (Å²) >= 11 is 0. The van der Waals surface area contributed by atoms with Gasteiger partial charge in [-0.15, -0.1) is 0 Å². The van der Waals surface area contributed by atoms with E-state index in [1.807, 2.05) is 4.98 Å². The average molecular weight is 337 g/mol. The number of fused-ring (bicyclic) bond motifs is 1. The fourth-order valence-electron chi connectivity index (χ4n) is 1.65. The van der Waals surface area contributed by atoms with E-state index in [0.717, 1.165) is 6.07 Å². The third-order valence-electron chi connectivity index (χ3n) is 2.95. The van der Waals surface area contributed by atoms with Crippen molar-refractivity contribution in [2.24, 2.45) is 0 Å². The summed E-state index contributed by atoms with van der Waals surface area (Å²) in [5.74, 6) is -7.43. The number of benzene rings is 1. The number of aliphatic hydroxyl groups is 1. The van der Waals surface area contributed by atoms with Gasteiger partial charge in [-0.3, -0.25) is 4.79 Å². The molecule has 0 saturated carbocycles. The number of anilines is 1. The van der Waals surface area contributed by atoms with Crippen molar-refractivity contribution in [1.82, 2.24) is 9.97 Å². The molecule has 2 aromatic rings. The maximum absolute atomic E-state index is 13.2. The van der Waals surface area contributed by atoms with E-state index < -0.39 is 29.4 Å². The zero-order chi connectivity index (χ0) is 17.6. The highest BCUT2D eigenvalue weighted by molar-refractivity contribution is 5.97. The van der Waals surface area contributed by atoms with Crippen LogP contribution in [0.25, 0.3) is 11.0 Å². The molecule has 0 aliphatic carbocycles. The van der Waals surface area contributed by atoms with Crippen LogP contribution in [0.2, 0.25) is 0 Å². The van der Waals surface area contributed by atoms with Crippen LogP contribution < -0.4 is 5.32 Å². The van der Waals surface area contributed by atoms with Gasteiger partial charge >= 0.3 is 12.1 Å². The van der Waals surface area contributed by atoms with E-state index in [2.05, 4.69) is 10.3 Å². The highest BCUT2D eigenvalue weighted by Gasteiger charge is 2.61. The molecule has 0 aliphatic heterocycles. The minimum atomic E-state index is -5.78. The molecule has 0 radical (unpaired) electrons. The summed E-state index contributed by atoms with van der Waals surface area (Å²) in [5.41, 5.74) is -1.81. The first kappa shape index (κ1) is 17.1. The minimum Gasteiger partial charge on any atom is -0.381 e. The fourth-order valence-corrected chi connectivity index (χ4v) is 1.65. The smallest absolute Gasteiger partial charge is 0.381 e. The van der Waals surface area contributed by atoms with Crippen LogP contribution in [0.4, 0.5) is 27.6 Å². The predicted octanol–water partition coefficient (Wildman–Crippen LogP) is 2.93. The fraction of sp³-hybridized carbons (Fsp3) is 0.385. The van der Waals surface area contributed by atoms with Gasteiger partial charge in [-0.2, -0.15) is 22.0 Å². The molecule has 1 heterocycles. The average Bonchev–Trinajstić information content (AvgIpc) is 2.79. The van der Waals surface area contributed by atoms with Crippen LogP contribution >= 0.6 is 0 Å². The second-order valence-electron chi connectivity index (χ2n) is 5.40. The van der Waals surface area contributed by atoms with Gasteiger partial charge in [0.25, 0.3) is 5.91 Å². The van der Waals surface area contributed by atoms with E-state index in [1.54, 1.807) is 0 Å². The number of hydrogen-bond donors (Lipinski definition) is 3. The summed E-state index contributed by atoms with van der Waals surface area (Å²) in [7, 11) is 0. The summed E-state index contributed by atoms with van der Waals surface area (Å²) in [4.78, 5) is 16.7. The number of amides is 1. The molecular weight excluding hydrogens is 325 g/mol. The van der Waals surface area contributed by atoms with Gasteiger partial charge in [0.05, 0.1) is 11.0 Å². The molecule has 1 amide bonds. The zero-order valence-corrected chi connectivity index (χ0v) is 11.9. The lowest BCUT2D eigenvalue weighted by atomic mass is 10.1. The van der Waals surface area contributed by atoms with Crippen molar-refractivity contribution >= 4 is 22.6 Å². The van der Waals surface area contributed by atoms with Crippen molar-refractivity contribution in [3.05, 3.63) is 24.0 Å². The number of rotatable bonds is 3. The molecule has 126 valence electrons. The number of aromatic nitrogens is 2. The number of nitrogens with zero attached hydrogens (tertiary/aromatic N) is 1. The van der Waals surface area contributed by atoms with Crippen LogP contribution in [-0.2, 0) is 10.7 Å². The van der Waals surface area contributed by atoms with E-state index in [-0.39, 0.29) is 16.7 Å². The Hall–Kier alpha value is -2.23. The molecule has 3 N–H and O–H groups in total. The highest BCUT2D eigenvalue weighted by atomic mass is 19.4. The third kappa shape index (κ3) is 3.26. The summed E-state index contributed by atoms with van der Waals surface area (Å²) in [6.45, 7) is 2.47. The second kappa shape index (κ2) is 5.15. The molecule has 0 atom stereocenters. The van der Waals surface area contributed by atoms with Crippen molar-refractivity contribution < 1.29 is 31.9 Å². The van der Waals surface area contributed by atoms with Crippen LogP contribution in [0.1, 0.15) is 19.7 Å². The normalized spacial score (nSPS) is 13.4. The van der Waals surface area contributed by atoms with Crippen LogP contribution in [0.5, 0.6) is 0 Å². The maximum Gasteiger partial charge on any atom is 0.461 e. The number of carbonyl (C=O) groups excluding carboxylic acids is 1. The Morgan fingerprint density at radius 2 is 1.83 bits per heavy atom. The Labute approximate surface area is 126 Å². The molecule has 1 aromatic carbocycles. The van der Waals surface area contributed by atoms with Crippen molar-refractivity contribution in [2.45, 2.75) is 31.5 Å². The Balaban J connectivity index is 2.37. The molecule has 0 fully saturated rings. The largest absolute Gasteiger partial charge is 0.461 e. The number of hydrogen-bond acceptors (Lipinski definition) is 3. The lowest BCUT2D eigenvalue weighted by molar-refractivity contribution is -0.292. The first-order valence-corrected chi connectivity index (χ1v) is 6.31. The van der Waals surface area contributed by atoms with Crippen molar-refractivity contribution in [3.8, 4) is 0 Å². The Morgan fingerprint density at radius 1 is 1.22 bits per heavy atom. The van der Waals surface area contributed by atoms with Crippen LogP contribution in [0.15, 0.2) is 18.2 Å². The number of nitrogens with one attached hydrogen (secondary N) is 2. The summed E-state index contributed by atoms with van der Waals surface area (Å²) in [6, 6.07) is 3.58. The summed E-state index contributed by atoms with van der Waals surface area (Å²) in [5, 5.41) is 11.8. The van der Waals surface area contributed by atoms with Crippen LogP contribution in [0.3, 0.4) is 0 Å². The Morgan fingerprint density at radius 3 is 2.35 bits per heavy atom. The molecule has 5 nitrogen and oxygen atoms in total. The monoisotopic (exact) mass is 337 g/mol. The molecule has 0 unspecified atom stereocenters. The summed E-state index contributed by atoms with van der Waals surface area (Å²) < 4.78 is 63.5. The molecule has 0 bridgehead atoms. The molecule has 0 spiro atoms. The molecule has 23 heavy (non-hydrogen) atoms. The van der Waals surface area contributed by atoms with Gasteiger partial charge in [0.1, 0.15) is 5.60 Å². The quantitative estimate of drug-likeness (QED) is 0.754. The first-order valence-electron chi connectivity index (χ1n) is 6.31. The number of carbonyl (C=O) groups is 1. The van der Waals surface area contributed by atoms with Gasteiger partial charge < -0.3 is 15.4 Å². The van der Waals surface area contributed by atoms with Gasteiger partial charge in [0.2, 0.25) is 0 Å². The standard InChI is InChI=1S/C13H12F5N3O2/c1-11(2,23)10(22)19-6-3-4-7-8(5-6)21-9(20-7)12(14,15)13(16,17)18/h3-5,23H,1-2H3,(H,19,22)(H,20,21). The van der Waals surface area contributed by atoms with Gasteiger partial charge in [-0.25, -0.2) is 4.98 Å². The third-order valence-corrected chi connectivity index (χ3v) is 2.95. The van der Waals surface area contributed by atoms with Gasteiger partial charge in [-0.1, -0.05) is 0 Å². The number of imidazole rings is 1. The van der Waals surface area contributed by atoms with E-state index in [1.165, 1.54) is 26.0 Å². The molecule has 1 aromatic heterocycles. The van der Waals surface area contributed by atoms with Crippen molar-refractivity contribution in [3.63, 3.8) is 0 Å². The van der Waals surface area contributed by atoms with Crippen molar-refractivity contribution in [2.75, 3.05) is 5.32 Å². The molecular formula is C13H12F5N3O2. The lowest BCUT2D eigenvalue weighted by Gasteiger charge is -2.16. The number of halogens is 5. The number of aromatic amines is 1. The van der Waals surface area contributed by atoms with Crippen molar-refractivity contribution in [1.29, 1.82) is 0 Å². The van der Waals surface area contributed by atoms with E-state index in [4.69, 9.17) is 0 Å². The summed E-state index contributed by atoms with van der Waals surface area (Å²) in [6.07, 6.45) is -5.78. The zero-order valence-electron chi connectivity index (χ0n) is 11.9. The topological polar surface area (TPSA) is 78.0 Å². The van der Waals surface area contributed by atoms with E-state index in [0.29, 0.717) is 0 Å². The van der Waals surface area contributed by atoms with Gasteiger partial charge in [-0.05, 0) is 32.0 Å². The molecule has 10 heteroatoms. The SMILES string of the molecule is CC(C)(O)C(=O)Nc1ccc2nc(C(F)(F)C(F)(F)F)[nH]c2c1. The minimum absolute atomic E-state index is 0.107. The number of H-pyrrole nitrogens is 1. The Bertz CT molecular complexity index is 746. The molecule has 2 rings (SSSR count). The second-order valence-corrected chi connectivity index (χ2v) is 5.40. The molecule has 0 aliphatic rings. The lowest BCUT2D eigenvalue weighted by Crippen LogP contribution is -2.36. The molecule has 0 saturated heterocycles. The van der Waals surface area contributed by atoms with Crippen LogP contribution in [0, 0.1) is 0 Å². The maximum atomic E-state index is 13.2. The first-order chi connectivity index (χ1) is 10.3. The Kier molecular flexibility index (Phi) is 3.84. The predicted molar refractivity (Wildman–Crippen MR) is 71.0 cm³/mol. The van der Waals surface area contributed by atoms with E-state index in [9.17, 15) is 31.9 Å².